The van der Waals surface area contributed by atoms with Crippen LogP contribution in [0.25, 0.3) is 5.57 Å². The standard InChI is InChI=1S/C13H13ClO2/c1-16-12-4-2-3-11(15)13(12)9-5-7-10(14)8-6-9/h5-8H,2-4H2,1H3. The van der Waals surface area contributed by atoms with E-state index in [1.165, 1.54) is 0 Å². The Morgan fingerprint density at radius 3 is 2.50 bits per heavy atom. The molecule has 0 radical (unpaired) electrons. The third-order valence-electron chi connectivity index (χ3n) is 2.74. The van der Waals surface area contributed by atoms with Crippen LogP contribution in [0.1, 0.15) is 24.8 Å². The Hall–Kier alpha value is -1.28. The van der Waals surface area contributed by atoms with Gasteiger partial charge in [-0.05, 0) is 24.1 Å². The van der Waals surface area contributed by atoms with Crippen LogP contribution in [0, 0.1) is 0 Å². The molecule has 0 saturated heterocycles. The highest BCUT2D eigenvalue weighted by atomic mass is 35.5. The molecule has 1 aliphatic carbocycles. The van der Waals surface area contributed by atoms with Crippen molar-refractivity contribution in [2.45, 2.75) is 19.3 Å². The van der Waals surface area contributed by atoms with E-state index in [1.807, 2.05) is 12.1 Å². The summed E-state index contributed by atoms with van der Waals surface area (Å²) in [6.45, 7) is 0. The van der Waals surface area contributed by atoms with E-state index in [0.717, 1.165) is 24.2 Å². The van der Waals surface area contributed by atoms with E-state index in [2.05, 4.69) is 0 Å². The molecular formula is C13H13ClO2. The van der Waals surface area contributed by atoms with E-state index in [9.17, 15) is 4.79 Å². The lowest BCUT2D eigenvalue weighted by molar-refractivity contribution is -0.114. The molecule has 16 heavy (non-hydrogen) atoms. The first-order chi connectivity index (χ1) is 7.72. The Morgan fingerprint density at radius 1 is 1.19 bits per heavy atom. The van der Waals surface area contributed by atoms with Crippen molar-refractivity contribution >= 4 is 23.0 Å². The summed E-state index contributed by atoms with van der Waals surface area (Å²) in [6, 6.07) is 7.30. The summed E-state index contributed by atoms with van der Waals surface area (Å²) in [6.07, 6.45) is 2.31. The van der Waals surface area contributed by atoms with E-state index in [0.29, 0.717) is 17.0 Å². The largest absolute Gasteiger partial charge is 0.500 e. The van der Waals surface area contributed by atoms with Gasteiger partial charge in [-0.15, -0.1) is 0 Å². The number of hydrogen-bond acceptors (Lipinski definition) is 2. The van der Waals surface area contributed by atoms with Crippen molar-refractivity contribution < 1.29 is 9.53 Å². The van der Waals surface area contributed by atoms with Crippen LogP contribution in [-0.2, 0) is 9.53 Å². The first-order valence-corrected chi connectivity index (χ1v) is 5.66. The lowest BCUT2D eigenvalue weighted by atomic mass is 9.91. The number of Topliss-reactive ketones (excluding diaryl/α,β-unsaturated/α-hetero) is 1. The fraction of sp³-hybridized carbons (Fsp3) is 0.308. The third kappa shape index (κ3) is 2.12. The number of halogens is 1. The van der Waals surface area contributed by atoms with E-state index in [4.69, 9.17) is 16.3 Å². The molecule has 3 heteroatoms. The molecule has 1 aliphatic rings. The monoisotopic (exact) mass is 236 g/mol. The van der Waals surface area contributed by atoms with Crippen LogP contribution in [0.15, 0.2) is 30.0 Å². The Bertz CT molecular complexity index is 432. The lowest BCUT2D eigenvalue weighted by Crippen LogP contribution is -2.11. The summed E-state index contributed by atoms with van der Waals surface area (Å²) >= 11 is 5.83. The highest BCUT2D eigenvalue weighted by Gasteiger charge is 2.22. The van der Waals surface area contributed by atoms with Gasteiger partial charge in [-0.3, -0.25) is 4.79 Å². The van der Waals surface area contributed by atoms with Gasteiger partial charge in [0.15, 0.2) is 5.78 Å². The number of carbonyl (C=O) groups excluding carboxylic acids is 1. The number of hydrogen-bond donors (Lipinski definition) is 0. The number of carbonyl (C=O) groups is 1. The summed E-state index contributed by atoms with van der Waals surface area (Å²) in [5, 5.41) is 0.673. The number of benzene rings is 1. The van der Waals surface area contributed by atoms with Crippen LogP contribution >= 0.6 is 11.6 Å². The van der Waals surface area contributed by atoms with Crippen LogP contribution in [0.4, 0.5) is 0 Å². The summed E-state index contributed by atoms with van der Waals surface area (Å²) < 4.78 is 5.28. The van der Waals surface area contributed by atoms with Crippen molar-refractivity contribution in [3.05, 3.63) is 40.6 Å². The quantitative estimate of drug-likeness (QED) is 0.786. The predicted octanol–water partition coefficient (Wildman–Crippen LogP) is 3.45. The molecule has 0 atom stereocenters. The van der Waals surface area contributed by atoms with Gasteiger partial charge in [-0.1, -0.05) is 23.7 Å². The number of ether oxygens (including phenoxy) is 1. The number of rotatable bonds is 2. The molecule has 84 valence electrons. The average Bonchev–Trinajstić information content (AvgIpc) is 2.30. The second-order valence-electron chi connectivity index (χ2n) is 3.79. The van der Waals surface area contributed by atoms with Gasteiger partial charge in [0, 0.05) is 17.9 Å². The van der Waals surface area contributed by atoms with E-state index >= 15 is 0 Å². The molecule has 0 aliphatic heterocycles. The zero-order valence-electron chi connectivity index (χ0n) is 9.13. The average molecular weight is 237 g/mol. The van der Waals surface area contributed by atoms with Crippen molar-refractivity contribution in [1.82, 2.24) is 0 Å². The van der Waals surface area contributed by atoms with Crippen LogP contribution < -0.4 is 0 Å². The second-order valence-corrected chi connectivity index (χ2v) is 4.22. The zero-order chi connectivity index (χ0) is 11.5. The third-order valence-corrected chi connectivity index (χ3v) is 3.00. The molecule has 0 heterocycles. The summed E-state index contributed by atoms with van der Waals surface area (Å²) in [7, 11) is 1.61. The Balaban J connectivity index is 2.46. The van der Waals surface area contributed by atoms with Crippen molar-refractivity contribution in [1.29, 1.82) is 0 Å². The maximum absolute atomic E-state index is 11.9. The second kappa shape index (κ2) is 4.71. The lowest BCUT2D eigenvalue weighted by Gasteiger charge is -2.18. The molecular weight excluding hydrogens is 224 g/mol. The Morgan fingerprint density at radius 2 is 1.88 bits per heavy atom. The van der Waals surface area contributed by atoms with Crippen LogP contribution in [-0.4, -0.2) is 12.9 Å². The molecule has 2 nitrogen and oxygen atoms in total. The fourth-order valence-corrected chi connectivity index (χ4v) is 2.08. The first kappa shape index (κ1) is 11.2. The van der Waals surface area contributed by atoms with Gasteiger partial charge in [-0.2, -0.15) is 0 Å². The zero-order valence-corrected chi connectivity index (χ0v) is 9.88. The highest BCUT2D eigenvalue weighted by molar-refractivity contribution is 6.30. The van der Waals surface area contributed by atoms with Crippen molar-refractivity contribution in [2.75, 3.05) is 7.11 Å². The maximum atomic E-state index is 11.9. The van der Waals surface area contributed by atoms with Crippen molar-refractivity contribution in [3.63, 3.8) is 0 Å². The molecule has 0 saturated carbocycles. The van der Waals surface area contributed by atoms with Gasteiger partial charge in [-0.25, -0.2) is 0 Å². The first-order valence-electron chi connectivity index (χ1n) is 5.28. The molecule has 0 N–H and O–H groups in total. The van der Waals surface area contributed by atoms with Gasteiger partial charge < -0.3 is 4.74 Å². The summed E-state index contributed by atoms with van der Waals surface area (Å²) in [5.74, 6) is 0.948. The van der Waals surface area contributed by atoms with Crippen molar-refractivity contribution in [3.8, 4) is 0 Å². The smallest absolute Gasteiger partial charge is 0.166 e. The van der Waals surface area contributed by atoms with Gasteiger partial charge >= 0.3 is 0 Å². The SMILES string of the molecule is COC1=C(c2ccc(Cl)cc2)C(=O)CCC1. The fourth-order valence-electron chi connectivity index (χ4n) is 1.96. The molecule has 0 fully saturated rings. The van der Waals surface area contributed by atoms with E-state index < -0.39 is 0 Å². The highest BCUT2D eigenvalue weighted by Crippen LogP contribution is 2.30. The molecule has 1 aromatic carbocycles. The van der Waals surface area contributed by atoms with Gasteiger partial charge in [0.2, 0.25) is 0 Å². The predicted molar refractivity (Wildman–Crippen MR) is 64.2 cm³/mol. The van der Waals surface area contributed by atoms with Crippen LogP contribution in [0.3, 0.4) is 0 Å². The molecule has 1 aromatic rings. The van der Waals surface area contributed by atoms with Crippen LogP contribution in [0.5, 0.6) is 0 Å². The van der Waals surface area contributed by atoms with Crippen molar-refractivity contribution in [2.24, 2.45) is 0 Å². The number of allylic oxidation sites excluding steroid dienone is 2. The molecule has 2 rings (SSSR count). The molecule has 0 bridgehead atoms. The Kier molecular flexibility index (Phi) is 3.30. The van der Waals surface area contributed by atoms with Crippen LogP contribution in [0.2, 0.25) is 5.02 Å². The van der Waals surface area contributed by atoms with Gasteiger partial charge in [0.25, 0.3) is 0 Å². The summed E-state index contributed by atoms with van der Waals surface area (Å²) in [4.78, 5) is 11.9. The molecule has 0 spiro atoms. The maximum Gasteiger partial charge on any atom is 0.166 e. The number of methoxy groups -OCH3 is 1. The van der Waals surface area contributed by atoms with E-state index in [-0.39, 0.29) is 5.78 Å². The minimum absolute atomic E-state index is 0.158. The van der Waals surface area contributed by atoms with Gasteiger partial charge in [0.05, 0.1) is 12.7 Å². The topological polar surface area (TPSA) is 26.3 Å². The molecule has 0 amide bonds. The normalized spacial score (nSPS) is 16.5. The summed E-state index contributed by atoms with van der Waals surface area (Å²) in [5.41, 5.74) is 1.61. The molecule has 0 unspecified atom stereocenters. The minimum Gasteiger partial charge on any atom is -0.500 e. The number of ketones is 1. The van der Waals surface area contributed by atoms with E-state index in [1.54, 1.807) is 19.2 Å². The Labute approximate surface area is 99.9 Å². The minimum atomic E-state index is 0.158. The van der Waals surface area contributed by atoms with Gasteiger partial charge in [0.1, 0.15) is 5.76 Å². The molecule has 0 aromatic heterocycles.